The van der Waals surface area contributed by atoms with Crippen LogP contribution in [0.4, 0.5) is 0 Å². The maximum Gasteiger partial charge on any atom is 0.261 e. The fourth-order valence-electron chi connectivity index (χ4n) is 3.14. The van der Waals surface area contributed by atoms with Gasteiger partial charge in [0, 0.05) is 13.1 Å². The number of nitrogens with one attached hydrogen (secondary N) is 1. The minimum atomic E-state index is -0.323. The van der Waals surface area contributed by atoms with Gasteiger partial charge in [-0.2, -0.15) is 0 Å². The fraction of sp³-hybridized carbons (Fsp3) is 0.350. The molecule has 3 rings (SSSR count). The molecule has 0 spiro atoms. The number of amides is 2. The van der Waals surface area contributed by atoms with Gasteiger partial charge in [0.2, 0.25) is 5.91 Å². The topological polar surface area (TPSA) is 67.2 Å². The zero-order valence-electron chi connectivity index (χ0n) is 15.8. The summed E-state index contributed by atoms with van der Waals surface area (Å²) < 4.78 is 1.91. The third kappa shape index (κ3) is 4.03. The van der Waals surface area contributed by atoms with Gasteiger partial charge in [-0.05, 0) is 44.4 Å². The first-order chi connectivity index (χ1) is 13.0. The van der Waals surface area contributed by atoms with E-state index in [4.69, 9.17) is 4.98 Å². The second-order valence-electron chi connectivity index (χ2n) is 6.28. The van der Waals surface area contributed by atoms with Gasteiger partial charge in [-0.15, -0.1) is 11.3 Å². The monoisotopic (exact) mass is 384 g/mol. The van der Waals surface area contributed by atoms with Gasteiger partial charge in [-0.25, -0.2) is 4.98 Å². The third-order valence-corrected chi connectivity index (χ3v) is 5.44. The van der Waals surface area contributed by atoms with Crippen molar-refractivity contribution in [2.24, 2.45) is 0 Å². The smallest absolute Gasteiger partial charge is 0.261 e. The molecule has 2 amide bonds. The highest BCUT2D eigenvalue weighted by molar-refractivity contribution is 7.12. The largest absolute Gasteiger partial charge is 0.342 e. The van der Waals surface area contributed by atoms with E-state index in [2.05, 4.69) is 5.32 Å². The van der Waals surface area contributed by atoms with Crippen LogP contribution in [0.2, 0.25) is 0 Å². The average Bonchev–Trinajstić information content (AvgIpc) is 3.31. The van der Waals surface area contributed by atoms with Crippen LogP contribution in [0.1, 0.15) is 42.3 Å². The van der Waals surface area contributed by atoms with Crippen LogP contribution in [0.25, 0.3) is 11.0 Å². The second-order valence-corrected chi connectivity index (χ2v) is 7.23. The van der Waals surface area contributed by atoms with E-state index in [0.29, 0.717) is 23.8 Å². The molecule has 1 unspecified atom stereocenters. The lowest BCUT2D eigenvalue weighted by Crippen LogP contribution is -2.35. The normalized spacial score (nSPS) is 12.1. The molecule has 0 fully saturated rings. The first kappa shape index (κ1) is 19.1. The number of thiophene rings is 1. The molecule has 7 heteroatoms. The van der Waals surface area contributed by atoms with Crippen LogP contribution in [-0.4, -0.2) is 39.4 Å². The molecule has 2 aromatic heterocycles. The molecule has 0 aliphatic heterocycles. The number of aromatic nitrogens is 2. The molecule has 0 aliphatic carbocycles. The van der Waals surface area contributed by atoms with Crippen molar-refractivity contribution in [3.05, 3.63) is 52.5 Å². The fourth-order valence-corrected chi connectivity index (χ4v) is 3.77. The van der Waals surface area contributed by atoms with Gasteiger partial charge in [-0.1, -0.05) is 18.2 Å². The Balaban J connectivity index is 1.92. The van der Waals surface area contributed by atoms with Gasteiger partial charge >= 0.3 is 0 Å². The summed E-state index contributed by atoms with van der Waals surface area (Å²) in [5.74, 6) is 0.592. The number of carbonyl (C=O) groups excluding carboxylic acids is 2. The van der Waals surface area contributed by atoms with Crippen LogP contribution in [0.5, 0.6) is 0 Å². The second kappa shape index (κ2) is 8.35. The van der Waals surface area contributed by atoms with Gasteiger partial charge in [0.25, 0.3) is 5.91 Å². The standard InChI is InChI=1S/C20H24N4O2S/c1-4-23(5-2)18(25)13-24-16-10-7-6-9-15(16)22-19(24)14(3)21-20(26)17-11-8-12-27-17/h6-12,14H,4-5,13H2,1-3H3,(H,21,26). The van der Waals surface area contributed by atoms with Crippen LogP contribution < -0.4 is 5.32 Å². The van der Waals surface area contributed by atoms with Crippen molar-refractivity contribution in [1.82, 2.24) is 19.8 Å². The lowest BCUT2D eigenvalue weighted by molar-refractivity contribution is -0.131. The van der Waals surface area contributed by atoms with E-state index >= 15 is 0 Å². The summed E-state index contributed by atoms with van der Waals surface area (Å²) in [6.45, 7) is 7.38. The molecular weight excluding hydrogens is 360 g/mol. The number of para-hydroxylation sites is 2. The van der Waals surface area contributed by atoms with Crippen LogP contribution in [0.3, 0.4) is 0 Å². The summed E-state index contributed by atoms with van der Waals surface area (Å²) >= 11 is 1.40. The van der Waals surface area contributed by atoms with E-state index in [0.717, 1.165) is 11.0 Å². The average molecular weight is 385 g/mol. The number of imidazole rings is 1. The molecule has 27 heavy (non-hydrogen) atoms. The molecule has 0 aliphatic rings. The quantitative estimate of drug-likeness (QED) is 0.678. The highest BCUT2D eigenvalue weighted by Crippen LogP contribution is 2.22. The molecule has 0 bridgehead atoms. The van der Waals surface area contributed by atoms with E-state index < -0.39 is 0 Å². The molecule has 1 N–H and O–H groups in total. The predicted octanol–water partition coefficient (Wildman–Crippen LogP) is 3.46. The summed E-state index contributed by atoms with van der Waals surface area (Å²) in [7, 11) is 0. The molecule has 1 aromatic carbocycles. The molecule has 2 heterocycles. The number of hydrogen-bond donors (Lipinski definition) is 1. The third-order valence-electron chi connectivity index (χ3n) is 4.57. The molecule has 0 radical (unpaired) electrons. The summed E-state index contributed by atoms with van der Waals surface area (Å²) in [5, 5.41) is 4.87. The number of hydrogen-bond acceptors (Lipinski definition) is 4. The van der Waals surface area contributed by atoms with Crippen molar-refractivity contribution < 1.29 is 9.59 Å². The number of nitrogens with zero attached hydrogens (tertiary/aromatic N) is 3. The van der Waals surface area contributed by atoms with Gasteiger partial charge < -0.3 is 14.8 Å². The summed E-state index contributed by atoms with van der Waals surface area (Å²) in [6.07, 6.45) is 0. The molecule has 6 nitrogen and oxygen atoms in total. The van der Waals surface area contributed by atoms with Crippen molar-refractivity contribution in [3.8, 4) is 0 Å². The highest BCUT2D eigenvalue weighted by Gasteiger charge is 2.22. The molecule has 1 atom stereocenters. The maximum absolute atomic E-state index is 12.7. The van der Waals surface area contributed by atoms with E-state index in [1.54, 1.807) is 11.0 Å². The van der Waals surface area contributed by atoms with Gasteiger partial charge in [-0.3, -0.25) is 9.59 Å². The Morgan fingerprint density at radius 3 is 2.59 bits per heavy atom. The Hall–Kier alpha value is -2.67. The Morgan fingerprint density at radius 2 is 1.93 bits per heavy atom. The van der Waals surface area contributed by atoms with Gasteiger partial charge in [0.15, 0.2) is 0 Å². The zero-order valence-corrected chi connectivity index (χ0v) is 16.6. The maximum atomic E-state index is 12.7. The van der Waals surface area contributed by atoms with Gasteiger partial charge in [0.05, 0.1) is 22.0 Å². The first-order valence-corrected chi connectivity index (χ1v) is 10.00. The Labute approximate surface area is 162 Å². The van der Waals surface area contributed by atoms with Crippen molar-refractivity contribution in [2.75, 3.05) is 13.1 Å². The van der Waals surface area contributed by atoms with Crippen molar-refractivity contribution in [1.29, 1.82) is 0 Å². The van der Waals surface area contributed by atoms with Crippen LogP contribution >= 0.6 is 11.3 Å². The summed E-state index contributed by atoms with van der Waals surface area (Å²) in [6, 6.07) is 11.0. The van der Waals surface area contributed by atoms with E-state index in [9.17, 15) is 9.59 Å². The van der Waals surface area contributed by atoms with Gasteiger partial charge in [0.1, 0.15) is 12.4 Å². The number of fused-ring (bicyclic) bond motifs is 1. The summed E-state index contributed by atoms with van der Waals surface area (Å²) in [5.41, 5.74) is 1.71. The number of likely N-dealkylation sites (N-methyl/N-ethyl adjacent to an activating group) is 1. The summed E-state index contributed by atoms with van der Waals surface area (Å²) in [4.78, 5) is 32.3. The van der Waals surface area contributed by atoms with E-state index in [-0.39, 0.29) is 24.4 Å². The number of rotatable bonds is 7. The zero-order chi connectivity index (χ0) is 19.4. The van der Waals surface area contributed by atoms with E-state index in [1.165, 1.54) is 11.3 Å². The Kier molecular flexibility index (Phi) is 5.91. The molecule has 0 saturated carbocycles. The van der Waals surface area contributed by atoms with Crippen molar-refractivity contribution in [2.45, 2.75) is 33.4 Å². The molecule has 3 aromatic rings. The highest BCUT2D eigenvalue weighted by atomic mass is 32.1. The Bertz CT molecular complexity index is 929. The number of carbonyl (C=O) groups is 2. The lowest BCUT2D eigenvalue weighted by atomic mass is 10.3. The van der Waals surface area contributed by atoms with E-state index in [1.807, 2.05) is 61.1 Å². The van der Waals surface area contributed by atoms with Crippen LogP contribution in [0, 0.1) is 0 Å². The minimum Gasteiger partial charge on any atom is -0.342 e. The van der Waals surface area contributed by atoms with Crippen molar-refractivity contribution >= 4 is 34.2 Å². The molecule has 0 saturated heterocycles. The predicted molar refractivity (Wildman–Crippen MR) is 108 cm³/mol. The minimum absolute atomic E-state index is 0.0428. The van der Waals surface area contributed by atoms with Crippen molar-refractivity contribution in [3.63, 3.8) is 0 Å². The SMILES string of the molecule is CCN(CC)C(=O)Cn1c(C(C)NC(=O)c2cccs2)nc2ccccc21. The number of benzene rings is 1. The lowest BCUT2D eigenvalue weighted by Gasteiger charge is -2.21. The first-order valence-electron chi connectivity index (χ1n) is 9.12. The van der Waals surface area contributed by atoms with Crippen LogP contribution in [0.15, 0.2) is 41.8 Å². The molecule has 142 valence electrons. The molecular formula is C20H24N4O2S. The Morgan fingerprint density at radius 1 is 1.19 bits per heavy atom. The van der Waals surface area contributed by atoms with Crippen LogP contribution in [-0.2, 0) is 11.3 Å².